The summed E-state index contributed by atoms with van der Waals surface area (Å²) in [4.78, 5) is 18.1. The molecule has 0 spiro atoms. The first-order valence-electron chi connectivity index (χ1n) is 8.99. The Balaban J connectivity index is 1.60. The van der Waals surface area contributed by atoms with Crippen LogP contribution in [-0.2, 0) is 11.0 Å². The zero-order valence-corrected chi connectivity index (χ0v) is 15.4. The van der Waals surface area contributed by atoms with Crippen molar-refractivity contribution in [3.05, 3.63) is 60.2 Å². The van der Waals surface area contributed by atoms with Gasteiger partial charge in [0.1, 0.15) is 17.7 Å². The Morgan fingerprint density at radius 1 is 1.10 bits per heavy atom. The second-order valence-electron chi connectivity index (χ2n) is 6.85. The van der Waals surface area contributed by atoms with Crippen LogP contribution in [0.5, 0.6) is 0 Å². The molecule has 4 rings (SSSR count). The molecule has 29 heavy (non-hydrogen) atoms. The fraction of sp³-hybridized carbons (Fsp3) is 0.316. The number of hydrogen-bond acceptors (Lipinski definition) is 3. The lowest BCUT2D eigenvalue weighted by Gasteiger charge is -2.32. The Kier molecular flexibility index (Phi) is 4.64. The van der Waals surface area contributed by atoms with Crippen molar-refractivity contribution >= 4 is 11.6 Å². The van der Waals surface area contributed by atoms with Gasteiger partial charge in [0.15, 0.2) is 5.69 Å². The molecule has 0 bridgehead atoms. The fourth-order valence-electron chi connectivity index (χ4n) is 3.50. The highest BCUT2D eigenvalue weighted by atomic mass is 19.4. The van der Waals surface area contributed by atoms with Crippen molar-refractivity contribution in [1.29, 1.82) is 0 Å². The molecule has 2 aromatic heterocycles. The molecule has 0 aliphatic carbocycles. The van der Waals surface area contributed by atoms with E-state index in [-0.39, 0.29) is 17.5 Å². The summed E-state index contributed by atoms with van der Waals surface area (Å²) in [6.45, 7) is 1.89. The molecule has 0 saturated carbocycles. The number of rotatable bonds is 3. The summed E-state index contributed by atoms with van der Waals surface area (Å²) in [5.74, 6) is -0.548. The maximum absolute atomic E-state index is 13.1. The molecule has 1 atom stereocenters. The third-order valence-corrected chi connectivity index (χ3v) is 4.93. The van der Waals surface area contributed by atoms with Crippen LogP contribution in [0.1, 0.15) is 30.4 Å². The zero-order valence-electron chi connectivity index (χ0n) is 15.4. The second kappa shape index (κ2) is 7.02. The maximum atomic E-state index is 13.1. The van der Waals surface area contributed by atoms with Gasteiger partial charge in [-0.15, -0.1) is 0 Å². The number of aromatic nitrogens is 4. The summed E-state index contributed by atoms with van der Waals surface area (Å²) >= 11 is 0. The van der Waals surface area contributed by atoms with E-state index in [1.165, 1.54) is 39.4 Å². The zero-order chi connectivity index (χ0) is 20.8. The number of piperidine rings is 1. The molecule has 1 aliphatic heterocycles. The van der Waals surface area contributed by atoms with Gasteiger partial charge in [-0.05, 0) is 44.0 Å². The summed E-state index contributed by atoms with van der Waals surface area (Å²) in [6, 6.07) is 4.96. The largest absolute Gasteiger partial charge is 0.434 e. The van der Waals surface area contributed by atoms with Gasteiger partial charge in [0.2, 0.25) is 5.91 Å². The maximum Gasteiger partial charge on any atom is 0.434 e. The van der Waals surface area contributed by atoms with Crippen LogP contribution in [0, 0.1) is 12.7 Å². The van der Waals surface area contributed by atoms with Crippen molar-refractivity contribution in [3.63, 3.8) is 0 Å². The molecule has 3 heterocycles. The number of nitrogens with zero attached hydrogens (tertiary/aromatic N) is 5. The van der Waals surface area contributed by atoms with Crippen LogP contribution in [0.3, 0.4) is 0 Å². The predicted molar refractivity (Wildman–Crippen MR) is 96.1 cm³/mol. The van der Waals surface area contributed by atoms with Crippen LogP contribution in [0.25, 0.3) is 5.69 Å². The number of aryl methyl sites for hydroxylation is 1. The summed E-state index contributed by atoms with van der Waals surface area (Å²) in [6.07, 6.45) is 0.515. The molecule has 0 radical (unpaired) electrons. The number of anilines is 1. The average Bonchev–Trinajstić information content (AvgIpc) is 3.30. The van der Waals surface area contributed by atoms with Crippen LogP contribution < -0.4 is 4.90 Å². The molecule has 1 saturated heterocycles. The van der Waals surface area contributed by atoms with Crippen molar-refractivity contribution in [3.8, 4) is 5.69 Å². The quantitative estimate of drug-likeness (QED) is 0.619. The van der Waals surface area contributed by atoms with Gasteiger partial charge in [0, 0.05) is 12.7 Å². The molecule has 1 unspecified atom stereocenters. The lowest BCUT2D eigenvalue weighted by atomic mass is 10.0. The van der Waals surface area contributed by atoms with Crippen molar-refractivity contribution in [2.45, 2.75) is 32.0 Å². The van der Waals surface area contributed by atoms with E-state index in [1.807, 2.05) is 0 Å². The van der Waals surface area contributed by atoms with E-state index in [4.69, 9.17) is 0 Å². The summed E-state index contributed by atoms with van der Waals surface area (Å²) in [5.41, 5.74) is 0.140. The summed E-state index contributed by atoms with van der Waals surface area (Å²) in [5, 5.41) is 4.21. The van der Waals surface area contributed by atoms with Gasteiger partial charge < -0.3 is 9.47 Å². The number of benzene rings is 1. The minimum absolute atomic E-state index is 0.138. The topological polar surface area (TPSA) is 56.0 Å². The van der Waals surface area contributed by atoms with Gasteiger partial charge in [-0.2, -0.15) is 18.3 Å². The molecular formula is C19H17F4N5O. The van der Waals surface area contributed by atoms with E-state index in [9.17, 15) is 22.4 Å². The predicted octanol–water partition coefficient (Wildman–Crippen LogP) is 3.90. The molecular weight excluding hydrogens is 390 g/mol. The van der Waals surface area contributed by atoms with Crippen molar-refractivity contribution in [2.24, 2.45) is 0 Å². The Morgan fingerprint density at radius 3 is 2.48 bits per heavy atom. The molecule has 0 N–H and O–H groups in total. The van der Waals surface area contributed by atoms with Crippen LogP contribution in [0.4, 0.5) is 23.2 Å². The van der Waals surface area contributed by atoms with Crippen molar-refractivity contribution in [2.75, 3.05) is 11.4 Å². The molecule has 10 heteroatoms. The van der Waals surface area contributed by atoms with E-state index in [0.29, 0.717) is 30.8 Å². The van der Waals surface area contributed by atoms with E-state index in [1.54, 1.807) is 18.3 Å². The summed E-state index contributed by atoms with van der Waals surface area (Å²) in [7, 11) is 0. The number of carbonyl (C=O) groups excluding carboxylic acids is 1. The van der Waals surface area contributed by atoms with Crippen LogP contribution in [0.2, 0.25) is 0 Å². The van der Waals surface area contributed by atoms with E-state index in [0.717, 1.165) is 6.20 Å². The van der Waals surface area contributed by atoms with Gasteiger partial charge in [-0.25, -0.2) is 14.1 Å². The first kappa shape index (κ1) is 19.2. The van der Waals surface area contributed by atoms with E-state index in [2.05, 4.69) is 10.1 Å². The Bertz CT molecular complexity index is 1040. The number of hydrogen-bond donors (Lipinski definition) is 0. The first-order chi connectivity index (χ1) is 13.7. The Hall–Kier alpha value is -3.17. The normalized spacial score (nSPS) is 17.8. The highest BCUT2D eigenvalue weighted by Crippen LogP contribution is 2.33. The number of alkyl halides is 3. The highest BCUT2D eigenvalue weighted by molar-refractivity contribution is 5.96. The van der Waals surface area contributed by atoms with Crippen LogP contribution in [0.15, 0.2) is 42.9 Å². The van der Waals surface area contributed by atoms with E-state index >= 15 is 0 Å². The SMILES string of the molecule is Cc1nc(C(F)(F)F)cn1C1CCCN(c2cnn(-c3ccc(F)cc3)c2)C1=O. The molecule has 6 nitrogen and oxygen atoms in total. The average molecular weight is 407 g/mol. The second-order valence-corrected chi connectivity index (χ2v) is 6.85. The standard InChI is InChI=1S/C19H17F4N5O/c1-12-25-17(19(21,22)23)11-27(12)16-3-2-8-26(18(16)29)15-9-24-28(10-15)14-6-4-13(20)5-7-14/h4-7,9-11,16H,2-3,8H2,1H3. The van der Waals surface area contributed by atoms with Crippen LogP contribution in [-0.4, -0.2) is 31.8 Å². The van der Waals surface area contributed by atoms with E-state index < -0.39 is 17.9 Å². The third-order valence-electron chi connectivity index (χ3n) is 4.93. The van der Waals surface area contributed by atoms with Gasteiger partial charge in [0.05, 0.1) is 23.8 Å². The molecule has 152 valence electrons. The van der Waals surface area contributed by atoms with Crippen molar-refractivity contribution in [1.82, 2.24) is 19.3 Å². The molecule has 1 aliphatic rings. The lowest BCUT2D eigenvalue weighted by Crippen LogP contribution is -2.42. The van der Waals surface area contributed by atoms with Gasteiger partial charge in [0.25, 0.3) is 0 Å². The number of imidazole rings is 1. The van der Waals surface area contributed by atoms with Gasteiger partial charge in [-0.3, -0.25) is 4.79 Å². The molecule has 1 aromatic carbocycles. The first-order valence-corrected chi connectivity index (χ1v) is 8.99. The minimum atomic E-state index is -4.57. The Labute approximate surface area is 163 Å². The van der Waals surface area contributed by atoms with Gasteiger partial charge in [-0.1, -0.05) is 0 Å². The number of amides is 1. The van der Waals surface area contributed by atoms with Crippen molar-refractivity contribution < 1.29 is 22.4 Å². The lowest BCUT2D eigenvalue weighted by molar-refractivity contribution is -0.141. The minimum Gasteiger partial charge on any atom is -0.322 e. The highest BCUT2D eigenvalue weighted by Gasteiger charge is 2.38. The van der Waals surface area contributed by atoms with Gasteiger partial charge >= 0.3 is 6.18 Å². The monoisotopic (exact) mass is 407 g/mol. The number of carbonyl (C=O) groups is 1. The smallest absolute Gasteiger partial charge is 0.322 e. The molecule has 3 aromatic rings. The summed E-state index contributed by atoms with van der Waals surface area (Å²) < 4.78 is 54.8. The van der Waals surface area contributed by atoms with Crippen LogP contribution >= 0.6 is 0 Å². The Morgan fingerprint density at radius 2 is 1.83 bits per heavy atom. The third kappa shape index (κ3) is 3.62. The fourth-order valence-corrected chi connectivity index (χ4v) is 3.50. The number of halogens is 4. The molecule has 1 amide bonds. The molecule has 1 fully saturated rings.